The van der Waals surface area contributed by atoms with Crippen molar-refractivity contribution >= 4 is 13.9 Å². The number of hydrogen-bond donors (Lipinski definition) is 0. The molecule has 0 aromatic heterocycles. The van der Waals surface area contributed by atoms with Gasteiger partial charge in [-0.1, -0.05) is 83.3 Å². The molecule has 0 saturated heterocycles. The molecule has 2 rings (SSSR count). The third-order valence-corrected chi connectivity index (χ3v) is 5.13. The molecule has 2 aromatic carbocycles. The van der Waals surface area contributed by atoms with Gasteiger partial charge in [0.05, 0.1) is 0 Å². The second kappa shape index (κ2) is 8.22. The topological polar surface area (TPSA) is 0 Å². The zero-order chi connectivity index (χ0) is 14.2. The van der Waals surface area contributed by atoms with Crippen LogP contribution in [0.4, 0.5) is 0 Å². The van der Waals surface area contributed by atoms with Gasteiger partial charge >= 0.3 is 0 Å². The SMILES string of the molecule is CCCCCCPc1ccccc1-c1ccccc1C. The lowest BCUT2D eigenvalue weighted by atomic mass is 10.0. The molecule has 0 fully saturated rings. The van der Waals surface area contributed by atoms with Crippen molar-refractivity contribution < 1.29 is 0 Å². The van der Waals surface area contributed by atoms with Crippen LogP contribution in [-0.2, 0) is 0 Å². The van der Waals surface area contributed by atoms with Gasteiger partial charge in [-0.2, -0.15) is 0 Å². The smallest absolute Gasteiger partial charge is 0.0107 e. The molecule has 20 heavy (non-hydrogen) atoms. The Morgan fingerprint density at radius 3 is 2.25 bits per heavy atom. The zero-order valence-corrected chi connectivity index (χ0v) is 13.7. The molecule has 1 heteroatoms. The van der Waals surface area contributed by atoms with E-state index in [4.69, 9.17) is 0 Å². The molecule has 0 N–H and O–H groups in total. The lowest BCUT2D eigenvalue weighted by Crippen LogP contribution is -2.01. The van der Waals surface area contributed by atoms with Crippen LogP contribution in [0.15, 0.2) is 48.5 Å². The molecule has 1 atom stereocenters. The summed E-state index contributed by atoms with van der Waals surface area (Å²) >= 11 is 0. The fourth-order valence-corrected chi connectivity index (χ4v) is 3.84. The number of hydrogen-bond acceptors (Lipinski definition) is 0. The minimum atomic E-state index is 0.936. The summed E-state index contributed by atoms with van der Waals surface area (Å²) in [6, 6.07) is 17.6. The van der Waals surface area contributed by atoms with Crippen LogP contribution in [0.25, 0.3) is 11.1 Å². The van der Waals surface area contributed by atoms with E-state index in [1.165, 1.54) is 53.8 Å². The maximum absolute atomic E-state index is 2.31. The third kappa shape index (κ3) is 4.18. The first-order chi connectivity index (χ1) is 9.83. The van der Waals surface area contributed by atoms with Gasteiger partial charge in [0.25, 0.3) is 0 Å². The summed E-state index contributed by atoms with van der Waals surface area (Å²) in [4.78, 5) is 0. The van der Waals surface area contributed by atoms with Crippen LogP contribution in [-0.4, -0.2) is 6.16 Å². The first kappa shape index (κ1) is 15.3. The molecule has 0 amide bonds. The first-order valence-electron chi connectivity index (χ1n) is 7.72. The van der Waals surface area contributed by atoms with Crippen molar-refractivity contribution in [1.82, 2.24) is 0 Å². The van der Waals surface area contributed by atoms with E-state index < -0.39 is 0 Å². The van der Waals surface area contributed by atoms with Crippen molar-refractivity contribution in [3.8, 4) is 11.1 Å². The van der Waals surface area contributed by atoms with Gasteiger partial charge in [0.2, 0.25) is 0 Å². The maximum Gasteiger partial charge on any atom is -0.0107 e. The third-order valence-electron chi connectivity index (χ3n) is 3.71. The van der Waals surface area contributed by atoms with Crippen LogP contribution in [0.1, 0.15) is 38.2 Å². The zero-order valence-electron chi connectivity index (χ0n) is 12.7. The molecule has 0 nitrogen and oxygen atoms in total. The Morgan fingerprint density at radius 2 is 1.50 bits per heavy atom. The lowest BCUT2D eigenvalue weighted by molar-refractivity contribution is 0.706. The Hall–Kier alpha value is -1.13. The molecule has 0 aliphatic heterocycles. The van der Waals surface area contributed by atoms with Gasteiger partial charge in [0.15, 0.2) is 0 Å². The van der Waals surface area contributed by atoms with Crippen LogP contribution in [0.3, 0.4) is 0 Å². The predicted molar refractivity (Wildman–Crippen MR) is 93.6 cm³/mol. The largest absolute Gasteiger partial charge is 0.0897 e. The summed E-state index contributed by atoms with van der Waals surface area (Å²) in [7, 11) is 0.936. The summed E-state index contributed by atoms with van der Waals surface area (Å²) in [6.07, 6.45) is 6.79. The first-order valence-corrected chi connectivity index (χ1v) is 8.92. The van der Waals surface area contributed by atoms with Crippen molar-refractivity contribution in [2.24, 2.45) is 0 Å². The predicted octanol–water partition coefficient (Wildman–Crippen LogP) is 5.55. The summed E-state index contributed by atoms with van der Waals surface area (Å²) in [6.45, 7) is 4.48. The molecule has 0 bridgehead atoms. The second-order valence-electron chi connectivity index (χ2n) is 5.35. The summed E-state index contributed by atoms with van der Waals surface area (Å²) in [5.74, 6) is 0. The molecule has 0 saturated carbocycles. The van der Waals surface area contributed by atoms with Gasteiger partial charge in [-0.3, -0.25) is 0 Å². The quantitative estimate of drug-likeness (QED) is 0.462. The molecule has 0 aliphatic rings. The highest BCUT2D eigenvalue weighted by molar-refractivity contribution is 7.47. The van der Waals surface area contributed by atoms with Gasteiger partial charge in [-0.15, -0.1) is 0 Å². The Morgan fingerprint density at radius 1 is 0.800 bits per heavy atom. The Labute approximate surface area is 125 Å². The Bertz CT molecular complexity index is 531. The average molecular weight is 284 g/mol. The van der Waals surface area contributed by atoms with E-state index in [1.807, 2.05) is 0 Å². The minimum Gasteiger partial charge on any atom is -0.0897 e. The summed E-state index contributed by atoms with van der Waals surface area (Å²) in [5, 5.41) is 1.53. The average Bonchev–Trinajstić information content (AvgIpc) is 2.48. The number of aryl methyl sites for hydroxylation is 1. The molecular formula is C19H25P. The van der Waals surface area contributed by atoms with E-state index in [-0.39, 0.29) is 0 Å². The number of unbranched alkanes of at least 4 members (excludes halogenated alkanes) is 3. The normalized spacial score (nSPS) is 11.3. The van der Waals surface area contributed by atoms with Crippen molar-refractivity contribution in [3.05, 3.63) is 54.1 Å². The Balaban J connectivity index is 2.09. The van der Waals surface area contributed by atoms with Crippen LogP contribution >= 0.6 is 8.58 Å². The summed E-state index contributed by atoms with van der Waals surface area (Å²) in [5.41, 5.74) is 4.19. The van der Waals surface area contributed by atoms with Gasteiger partial charge < -0.3 is 0 Å². The molecule has 2 aromatic rings. The van der Waals surface area contributed by atoms with Crippen molar-refractivity contribution in [2.45, 2.75) is 39.5 Å². The molecule has 0 radical (unpaired) electrons. The fourth-order valence-electron chi connectivity index (χ4n) is 2.52. The lowest BCUT2D eigenvalue weighted by Gasteiger charge is -2.12. The van der Waals surface area contributed by atoms with E-state index in [0.29, 0.717) is 0 Å². The van der Waals surface area contributed by atoms with Crippen LogP contribution in [0, 0.1) is 6.92 Å². The fraction of sp³-hybridized carbons (Fsp3) is 0.368. The number of rotatable bonds is 7. The molecule has 1 unspecified atom stereocenters. The van der Waals surface area contributed by atoms with Crippen molar-refractivity contribution in [1.29, 1.82) is 0 Å². The standard InChI is InChI=1S/C19H25P/c1-3-4-5-10-15-20-19-14-9-8-13-18(19)17-12-7-6-11-16(17)2/h6-9,11-14,20H,3-5,10,15H2,1-2H3. The van der Waals surface area contributed by atoms with Crippen molar-refractivity contribution in [3.63, 3.8) is 0 Å². The van der Waals surface area contributed by atoms with Gasteiger partial charge in [-0.25, -0.2) is 0 Å². The van der Waals surface area contributed by atoms with E-state index in [9.17, 15) is 0 Å². The van der Waals surface area contributed by atoms with Crippen molar-refractivity contribution in [2.75, 3.05) is 6.16 Å². The molecule has 0 heterocycles. The minimum absolute atomic E-state index is 0.936. The van der Waals surface area contributed by atoms with Gasteiger partial charge in [0, 0.05) is 0 Å². The Kier molecular flexibility index (Phi) is 6.27. The highest BCUT2D eigenvalue weighted by atomic mass is 31.1. The van der Waals surface area contributed by atoms with Gasteiger partial charge in [0.1, 0.15) is 0 Å². The maximum atomic E-state index is 2.31. The number of benzene rings is 2. The van der Waals surface area contributed by atoms with E-state index in [0.717, 1.165) is 8.58 Å². The summed E-state index contributed by atoms with van der Waals surface area (Å²) < 4.78 is 0. The monoisotopic (exact) mass is 284 g/mol. The highest BCUT2D eigenvalue weighted by Crippen LogP contribution is 2.26. The molecular weight excluding hydrogens is 259 g/mol. The van der Waals surface area contributed by atoms with E-state index in [2.05, 4.69) is 62.4 Å². The van der Waals surface area contributed by atoms with Crippen LogP contribution < -0.4 is 5.30 Å². The van der Waals surface area contributed by atoms with E-state index in [1.54, 1.807) is 0 Å². The van der Waals surface area contributed by atoms with Gasteiger partial charge in [-0.05, 0) is 41.5 Å². The van der Waals surface area contributed by atoms with E-state index >= 15 is 0 Å². The van der Waals surface area contributed by atoms with Crippen LogP contribution in [0.2, 0.25) is 0 Å². The molecule has 0 aliphatic carbocycles. The molecule has 0 spiro atoms. The second-order valence-corrected chi connectivity index (χ2v) is 6.74. The van der Waals surface area contributed by atoms with Crippen LogP contribution in [0.5, 0.6) is 0 Å². The highest BCUT2D eigenvalue weighted by Gasteiger charge is 2.06. The molecule has 106 valence electrons.